The van der Waals surface area contributed by atoms with Gasteiger partial charge in [0.1, 0.15) is 0 Å². The van der Waals surface area contributed by atoms with E-state index in [-0.39, 0.29) is 11.9 Å². The van der Waals surface area contributed by atoms with E-state index in [1.54, 1.807) is 11.8 Å². The Kier molecular flexibility index (Phi) is 4.09. The van der Waals surface area contributed by atoms with Crippen LogP contribution < -0.4 is 10.6 Å². The van der Waals surface area contributed by atoms with Crippen molar-refractivity contribution < 1.29 is 4.79 Å². The van der Waals surface area contributed by atoms with Gasteiger partial charge in [-0.05, 0) is 31.0 Å². The lowest BCUT2D eigenvalue weighted by Crippen LogP contribution is -2.36. The van der Waals surface area contributed by atoms with Crippen LogP contribution in [-0.2, 0) is 4.79 Å². The number of thioether (sulfide) groups is 1. The number of benzene rings is 1. The van der Waals surface area contributed by atoms with Crippen LogP contribution in [0.3, 0.4) is 0 Å². The minimum atomic E-state index is 0.0233. The van der Waals surface area contributed by atoms with Gasteiger partial charge in [-0.25, -0.2) is 0 Å². The summed E-state index contributed by atoms with van der Waals surface area (Å²) in [6.45, 7) is 6.37. The lowest BCUT2D eigenvalue weighted by Gasteiger charge is -2.29. The van der Waals surface area contributed by atoms with E-state index < -0.39 is 0 Å². The van der Waals surface area contributed by atoms with Crippen molar-refractivity contribution in [3.05, 3.63) is 36.4 Å². The zero-order chi connectivity index (χ0) is 13.1. The lowest BCUT2D eigenvalue weighted by molar-refractivity contribution is -0.116. The predicted octanol–water partition coefficient (Wildman–Crippen LogP) is 2.72. The van der Waals surface area contributed by atoms with Crippen molar-refractivity contribution in [1.82, 2.24) is 0 Å². The average Bonchev–Trinajstić information content (AvgIpc) is 2.37. The second-order valence-electron chi connectivity index (χ2n) is 4.43. The Hall–Kier alpha value is -1.26. The van der Waals surface area contributed by atoms with E-state index in [0.29, 0.717) is 12.3 Å². The van der Waals surface area contributed by atoms with E-state index in [0.717, 1.165) is 22.6 Å². The molecule has 0 spiro atoms. The summed E-state index contributed by atoms with van der Waals surface area (Å²) in [6.07, 6.45) is 2.65. The molecule has 0 bridgehead atoms. The molecule has 4 heteroatoms. The fraction of sp³-hybridized carbons (Fsp3) is 0.357. The van der Waals surface area contributed by atoms with Crippen molar-refractivity contribution in [2.24, 2.45) is 5.73 Å². The standard InChI is InChI=1S/C14H18N2OS/c1-3-4-7-16-12-6-5-11(10(2)15)8-13(12)18-9-14(16)17/h3,5-6,8,10H,1,4,7,9,15H2,2H3. The molecule has 1 heterocycles. The summed E-state index contributed by atoms with van der Waals surface area (Å²) >= 11 is 1.59. The van der Waals surface area contributed by atoms with Gasteiger partial charge in [0.15, 0.2) is 0 Å². The Morgan fingerprint density at radius 3 is 3.06 bits per heavy atom. The van der Waals surface area contributed by atoms with E-state index in [2.05, 4.69) is 12.6 Å². The van der Waals surface area contributed by atoms with E-state index in [1.807, 2.05) is 30.0 Å². The number of nitrogens with two attached hydrogens (primary N) is 1. The van der Waals surface area contributed by atoms with Crippen LogP contribution in [0.5, 0.6) is 0 Å². The van der Waals surface area contributed by atoms with Gasteiger partial charge in [-0.3, -0.25) is 4.79 Å². The molecule has 3 nitrogen and oxygen atoms in total. The van der Waals surface area contributed by atoms with E-state index in [4.69, 9.17) is 5.73 Å². The Balaban J connectivity index is 2.32. The maximum absolute atomic E-state index is 11.9. The van der Waals surface area contributed by atoms with Crippen LogP contribution in [0.1, 0.15) is 24.9 Å². The molecule has 96 valence electrons. The average molecular weight is 262 g/mol. The summed E-state index contributed by atoms with van der Waals surface area (Å²) in [4.78, 5) is 14.9. The van der Waals surface area contributed by atoms with Crippen LogP contribution in [0.4, 0.5) is 5.69 Å². The molecule has 2 rings (SSSR count). The quantitative estimate of drug-likeness (QED) is 0.849. The number of fused-ring (bicyclic) bond motifs is 1. The number of anilines is 1. The maximum atomic E-state index is 11.9. The van der Waals surface area contributed by atoms with Gasteiger partial charge in [-0.2, -0.15) is 0 Å². The first-order chi connectivity index (χ1) is 8.63. The molecule has 0 saturated carbocycles. The molecule has 0 saturated heterocycles. The number of carbonyl (C=O) groups excluding carboxylic acids is 1. The zero-order valence-corrected chi connectivity index (χ0v) is 11.4. The summed E-state index contributed by atoms with van der Waals surface area (Å²) in [5, 5.41) is 0. The maximum Gasteiger partial charge on any atom is 0.237 e. The van der Waals surface area contributed by atoms with Crippen molar-refractivity contribution >= 4 is 23.4 Å². The van der Waals surface area contributed by atoms with Gasteiger partial charge in [-0.1, -0.05) is 12.1 Å². The number of carbonyl (C=O) groups is 1. The Morgan fingerprint density at radius 2 is 2.39 bits per heavy atom. The Labute approximate surface area is 112 Å². The van der Waals surface area contributed by atoms with Gasteiger partial charge in [0, 0.05) is 17.5 Å². The molecular weight excluding hydrogens is 244 g/mol. The second kappa shape index (κ2) is 5.59. The minimum absolute atomic E-state index is 0.0233. The van der Waals surface area contributed by atoms with Gasteiger partial charge in [-0.15, -0.1) is 18.3 Å². The Bertz CT molecular complexity index is 471. The van der Waals surface area contributed by atoms with Crippen LogP contribution in [-0.4, -0.2) is 18.2 Å². The highest BCUT2D eigenvalue weighted by molar-refractivity contribution is 8.00. The van der Waals surface area contributed by atoms with Gasteiger partial charge in [0.05, 0.1) is 11.4 Å². The first-order valence-corrected chi connectivity index (χ1v) is 7.05. The summed E-state index contributed by atoms with van der Waals surface area (Å²) in [7, 11) is 0. The van der Waals surface area contributed by atoms with Gasteiger partial charge < -0.3 is 10.6 Å². The minimum Gasteiger partial charge on any atom is -0.324 e. The third-order valence-electron chi connectivity index (χ3n) is 3.01. The predicted molar refractivity (Wildman–Crippen MR) is 76.9 cm³/mol. The molecule has 2 N–H and O–H groups in total. The third kappa shape index (κ3) is 2.60. The van der Waals surface area contributed by atoms with Gasteiger partial charge in [0.2, 0.25) is 5.91 Å². The first kappa shape index (κ1) is 13.2. The van der Waals surface area contributed by atoms with E-state index in [9.17, 15) is 4.79 Å². The zero-order valence-electron chi connectivity index (χ0n) is 10.6. The van der Waals surface area contributed by atoms with Crippen molar-refractivity contribution in [1.29, 1.82) is 0 Å². The van der Waals surface area contributed by atoms with E-state index >= 15 is 0 Å². The number of nitrogens with zero attached hydrogens (tertiary/aromatic N) is 1. The van der Waals surface area contributed by atoms with Crippen LogP contribution in [0.15, 0.2) is 35.7 Å². The lowest BCUT2D eigenvalue weighted by atomic mass is 10.1. The second-order valence-corrected chi connectivity index (χ2v) is 5.44. The van der Waals surface area contributed by atoms with Crippen LogP contribution in [0.2, 0.25) is 0 Å². The molecule has 1 aliphatic rings. The number of hydrogen-bond acceptors (Lipinski definition) is 3. The van der Waals surface area contributed by atoms with Crippen LogP contribution in [0.25, 0.3) is 0 Å². The molecule has 0 radical (unpaired) electrons. The van der Waals surface area contributed by atoms with Gasteiger partial charge in [0.25, 0.3) is 0 Å². The highest BCUT2D eigenvalue weighted by Gasteiger charge is 2.24. The largest absolute Gasteiger partial charge is 0.324 e. The van der Waals surface area contributed by atoms with Crippen molar-refractivity contribution in [3.63, 3.8) is 0 Å². The molecule has 0 aliphatic carbocycles. The van der Waals surface area contributed by atoms with Gasteiger partial charge >= 0.3 is 0 Å². The van der Waals surface area contributed by atoms with Crippen molar-refractivity contribution in [3.8, 4) is 0 Å². The molecule has 1 unspecified atom stereocenters. The number of hydrogen-bond donors (Lipinski definition) is 1. The van der Waals surface area contributed by atoms with E-state index in [1.165, 1.54) is 0 Å². The van der Waals surface area contributed by atoms with Crippen molar-refractivity contribution in [2.75, 3.05) is 17.2 Å². The SMILES string of the molecule is C=CCCN1C(=O)CSc2cc(C(C)N)ccc21. The molecule has 1 aromatic rings. The molecule has 18 heavy (non-hydrogen) atoms. The first-order valence-electron chi connectivity index (χ1n) is 6.07. The smallest absolute Gasteiger partial charge is 0.237 e. The molecule has 1 aromatic carbocycles. The normalized spacial score (nSPS) is 16.3. The highest BCUT2D eigenvalue weighted by Crippen LogP contribution is 2.36. The summed E-state index contributed by atoms with van der Waals surface area (Å²) < 4.78 is 0. The monoisotopic (exact) mass is 262 g/mol. The summed E-state index contributed by atoms with van der Waals surface area (Å²) in [5.74, 6) is 0.676. The van der Waals surface area contributed by atoms with Crippen LogP contribution >= 0.6 is 11.8 Å². The van der Waals surface area contributed by atoms with Crippen molar-refractivity contribution in [2.45, 2.75) is 24.3 Å². The molecule has 1 aliphatic heterocycles. The topological polar surface area (TPSA) is 46.3 Å². The number of rotatable bonds is 4. The fourth-order valence-electron chi connectivity index (χ4n) is 1.97. The molecule has 1 atom stereocenters. The van der Waals surface area contributed by atoms with Crippen LogP contribution in [0, 0.1) is 0 Å². The fourth-order valence-corrected chi connectivity index (χ4v) is 2.95. The molecule has 0 fully saturated rings. The highest BCUT2D eigenvalue weighted by atomic mass is 32.2. The molecular formula is C14H18N2OS. The summed E-state index contributed by atoms with van der Waals surface area (Å²) in [6, 6.07) is 6.12. The number of amides is 1. The Morgan fingerprint density at radius 1 is 1.61 bits per heavy atom. The third-order valence-corrected chi connectivity index (χ3v) is 4.04. The molecule has 0 aromatic heterocycles. The summed E-state index contributed by atoms with van der Waals surface area (Å²) in [5.41, 5.74) is 8.00. The molecule has 1 amide bonds.